The fraction of sp³-hybridized carbons (Fsp3) is 0.556. The summed E-state index contributed by atoms with van der Waals surface area (Å²) in [6.45, 7) is 4.33. The summed E-state index contributed by atoms with van der Waals surface area (Å²) in [6.07, 6.45) is 5.21. The molecule has 2 unspecified atom stereocenters. The highest BCUT2D eigenvalue weighted by Gasteiger charge is 2.57. The molecule has 12 heavy (non-hydrogen) atoms. The monoisotopic (exact) mass is 163 g/mol. The van der Waals surface area contributed by atoms with E-state index in [2.05, 4.69) is 23.8 Å². The van der Waals surface area contributed by atoms with Gasteiger partial charge in [-0.1, -0.05) is 13.8 Å². The number of hydrogen-bond acceptors (Lipinski definition) is 3. The molecule has 2 atom stereocenters. The Morgan fingerprint density at radius 2 is 2.08 bits per heavy atom. The second-order valence-electron chi connectivity index (χ2n) is 3.96. The van der Waals surface area contributed by atoms with E-state index in [9.17, 15) is 0 Å². The lowest BCUT2D eigenvalue weighted by Crippen LogP contribution is -2.06. The molecule has 0 aromatic carbocycles. The lowest BCUT2D eigenvalue weighted by molar-refractivity contribution is 0.595. The summed E-state index contributed by atoms with van der Waals surface area (Å²) in [4.78, 5) is 8.27. The molecule has 1 fully saturated rings. The van der Waals surface area contributed by atoms with Crippen molar-refractivity contribution in [1.82, 2.24) is 9.97 Å². The van der Waals surface area contributed by atoms with Crippen LogP contribution in [-0.4, -0.2) is 16.0 Å². The van der Waals surface area contributed by atoms with Crippen molar-refractivity contribution in [3.05, 3.63) is 24.3 Å². The third-order valence-electron chi connectivity index (χ3n) is 2.81. The molecular weight excluding hydrogens is 150 g/mol. The maximum atomic E-state index is 5.91. The molecule has 2 rings (SSSR count). The quantitative estimate of drug-likeness (QED) is 0.670. The zero-order chi connectivity index (χ0) is 8.77. The summed E-state index contributed by atoms with van der Waals surface area (Å²) < 4.78 is 0. The first-order valence-electron chi connectivity index (χ1n) is 4.15. The summed E-state index contributed by atoms with van der Waals surface area (Å²) in [6, 6.07) is 0.245. The predicted molar refractivity (Wildman–Crippen MR) is 46.5 cm³/mol. The van der Waals surface area contributed by atoms with Crippen LogP contribution in [0.3, 0.4) is 0 Å². The smallest absolute Gasteiger partial charge is 0.0639 e. The van der Waals surface area contributed by atoms with Gasteiger partial charge in [-0.25, -0.2) is 0 Å². The summed E-state index contributed by atoms with van der Waals surface area (Å²) in [5, 5.41) is 0. The Bertz CT molecular complexity index is 281. The summed E-state index contributed by atoms with van der Waals surface area (Å²) in [5.41, 5.74) is 7.14. The van der Waals surface area contributed by atoms with Crippen LogP contribution in [0.15, 0.2) is 18.6 Å². The third kappa shape index (κ3) is 0.932. The van der Waals surface area contributed by atoms with Crippen LogP contribution in [0.4, 0.5) is 0 Å². The van der Waals surface area contributed by atoms with Gasteiger partial charge in [0, 0.05) is 30.6 Å². The van der Waals surface area contributed by atoms with E-state index in [0.29, 0.717) is 5.92 Å². The van der Waals surface area contributed by atoms with Crippen molar-refractivity contribution in [3.8, 4) is 0 Å². The second-order valence-corrected chi connectivity index (χ2v) is 3.96. The minimum Gasteiger partial charge on any atom is -0.327 e. The fourth-order valence-electron chi connectivity index (χ4n) is 1.71. The number of rotatable bonds is 1. The molecule has 1 aliphatic rings. The predicted octanol–water partition coefficient (Wildman–Crippen LogP) is 0.927. The molecule has 0 amide bonds. The SMILES string of the molecule is CC1(C)C(N)C1c1cnccn1. The van der Waals surface area contributed by atoms with Crippen molar-refractivity contribution >= 4 is 0 Å². The van der Waals surface area contributed by atoms with E-state index >= 15 is 0 Å². The first kappa shape index (κ1) is 7.68. The van der Waals surface area contributed by atoms with Crippen LogP contribution in [0.2, 0.25) is 0 Å². The van der Waals surface area contributed by atoms with Crippen molar-refractivity contribution in [3.63, 3.8) is 0 Å². The zero-order valence-corrected chi connectivity index (χ0v) is 7.36. The van der Waals surface area contributed by atoms with Crippen molar-refractivity contribution in [2.75, 3.05) is 0 Å². The van der Waals surface area contributed by atoms with E-state index in [0.717, 1.165) is 5.69 Å². The van der Waals surface area contributed by atoms with Crippen LogP contribution in [0.25, 0.3) is 0 Å². The van der Waals surface area contributed by atoms with Gasteiger partial charge in [0.25, 0.3) is 0 Å². The van der Waals surface area contributed by atoms with E-state index in [1.54, 1.807) is 18.6 Å². The highest BCUT2D eigenvalue weighted by Crippen LogP contribution is 2.56. The molecule has 1 heterocycles. The Balaban J connectivity index is 2.25. The van der Waals surface area contributed by atoms with Crippen molar-refractivity contribution < 1.29 is 0 Å². The molecule has 3 heteroatoms. The first-order chi connectivity index (χ1) is 5.64. The molecule has 0 bridgehead atoms. The van der Waals surface area contributed by atoms with E-state index < -0.39 is 0 Å². The van der Waals surface area contributed by atoms with Crippen LogP contribution < -0.4 is 5.73 Å². The highest BCUT2D eigenvalue weighted by atomic mass is 14.9. The zero-order valence-electron chi connectivity index (χ0n) is 7.36. The number of hydrogen-bond donors (Lipinski definition) is 1. The topological polar surface area (TPSA) is 51.8 Å². The lowest BCUT2D eigenvalue weighted by atomic mass is 10.1. The van der Waals surface area contributed by atoms with Crippen molar-refractivity contribution in [2.45, 2.75) is 25.8 Å². The maximum Gasteiger partial charge on any atom is 0.0639 e. The van der Waals surface area contributed by atoms with Gasteiger partial charge >= 0.3 is 0 Å². The standard InChI is InChI=1S/C9H13N3/c1-9(2)7(8(9)10)6-5-11-3-4-12-6/h3-5,7-8H,10H2,1-2H3. The van der Waals surface area contributed by atoms with Gasteiger partial charge < -0.3 is 5.73 Å². The highest BCUT2D eigenvalue weighted by molar-refractivity contribution is 5.26. The molecule has 0 aliphatic heterocycles. The van der Waals surface area contributed by atoms with Crippen molar-refractivity contribution in [2.24, 2.45) is 11.1 Å². The number of aromatic nitrogens is 2. The molecule has 0 spiro atoms. The Morgan fingerprint density at radius 1 is 1.42 bits per heavy atom. The van der Waals surface area contributed by atoms with Gasteiger partial charge in [-0.3, -0.25) is 9.97 Å². The van der Waals surface area contributed by atoms with Crippen LogP contribution in [0.5, 0.6) is 0 Å². The van der Waals surface area contributed by atoms with Gasteiger partial charge in [0.1, 0.15) is 0 Å². The Kier molecular flexibility index (Phi) is 1.45. The van der Waals surface area contributed by atoms with Gasteiger partial charge in [-0.05, 0) is 5.41 Å². The third-order valence-corrected chi connectivity index (χ3v) is 2.81. The fourth-order valence-corrected chi connectivity index (χ4v) is 1.71. The largest absolute Gasteiger partial charge is 0.327 e. The molecule has 1 aromatic rings. The lowest BCUT2D eigenvalue weighted by Gasteiger charge is -1.99. The molecule has 0 radical (unpaired) electrons. The molecule has 1 aliphatic carbocycles. The maximum absolute atomic E-state index is 5.91. The summed E-state index contributed by atoms with van der Waals surface area (Å²) in [5.74, 6) is 0.395. The second kappa shape index (κ2) is 2.26. The Morgan fingerprint density at radius 3 is 2.50 bits per heavy atom. The van der Waals surface area contributed by atoms with Gasteiger partial charge in [0.2, 0.25) is 0 Å². The molecule has 2 N–H and O–H groups in total. The minimum atomic E-state index is 0.204. The Labute approximate surface area is 72.0 Å². The molecule has 64 valence electrons. The van der Waals surface area contributed by atoms with E-state index in [-0.39, 0.29) is 11.5 Å². The Hall–Kier alpha value is -0.960. The summed E-state index contributed by atoms with van der Waals surface area (Å²) in [7, 11) is 0. The van der Waals surface area contributed by atoms with Crippen LogP contribution in [-0.2, 0) is 0 Å². The average Bonchev–Trinajstić information content (AvgIpc) is 2.53. The van der Waals surface area contributed by atoms with Gasteiger partial charge in [0.15, 0.2) is 0 Å². The van der Waals surface area contributed by atoms with Crippen LogP contribution in [0, 0.1) is 5.41 Å². The number of nitrogens with zero attached hydrogens (tertiary/aromatic N) is 2. The van der Waals surface area contributed by atoms with Crippen LogP contribution in [0.1, 0.15) is 25.5 Å². The van der Waals surface area contributed by atoms with Gasteiger partial charge in [-0.15, -0.1) is 0 Å². The van der Waals surface area contributed by atoms with E-state index in [4.69, 9.17) is 5.73 Å². The molecule has 3 nitrogen and oxygen atoms in total. The summed E-state index contributed by atoms with van der Waals surface area (Å²) >= 11 is 0. The number of nitrogens with two attached hydrogens (primary N) is 1. The first-order valence-corrected chi connectivity index (χ1v) is 4.15. The minimum absolute atomic E-state index is 0.204. The van der Waals surface area contributed by atoms with Gasteiger partial charge in [0.05, 0.1) is 5.69 Å². The van der Waals surface area contributed by atoms with E-state index in [1.807, 2.05) is 0 Å². The average molecular weight is 163 g/mol. The normalized spacial score (nSPS) is 31.6. The molecule has 1 saturated carbocycles. The van der Waals surface area contributed by atoms with Crippen molar-refractivity contribution in [1.29, 1.82) is 0 Å². The van der Waals surface area contributed by atoms with Gasteiger partial charge in [-0.2, -0.15) is 0 Å². The molecular formula is C9H13N3. The molecule has 0 saturated heterocycles. The molecule has 1 aromatic heterocycles. The van der Waals surface area contributed by atoms with E-state index in [1.165, 1.54) is 0 Å². The van der Waals surface area contributed by atoms with Crippen LogP contribution >= 0.6 is 0 Å².